The molecule has 0 aromatic heterocycles. The van der Waals surface area contributed by atoms with Crippen molar-refractivity contribution in [2.24, 2.45) is 5.92 Å². The van der Waals surface area contributed by atoms with Crippen molar-refractivity contribution in [3.8, 4) is 0 Å². The van der Waals surface area contributed by atoms with Gasteiger partial charge in [0.2, 0.25) is 0 Å². The van der Waals surface area contributed by atoms with Crippen molar-refractivity contribution in [3.63, 3.8) is 0 Å². The summed E-state index contributed by atoms with van der Waals surface area (Å²) in [7, 11) is 0. The van der Waals surface area contributed by atoms with Crippen LogP contribution in [0.2, 0.25) is 5.02 Å². The Morgan fingerprint density at radius 2 is 1.80 bits per heavy atom. The first-order valence-electron chi connectivity index (χ1n) is 7.79. The number of benzene rings is 1. The maximum Gasteiger partial charge on any atom is 0.141 e. The van der Waals surface area contributed by atoms with Crippen molar-refractivity contribution in [2.45, 2.75) is 64.5 Å². The zero-order valence-electron chi connectivity index (χ0n) is 12.5. The fourth-order valence-electron chi connectivity index (χ4n) is 3.22. The van der Waals surface area contributed by atoms with Crippen LogP contribution in [0.15, 0.2) is 18.2 Å². The number of hydrogen-bond donors (Lipinski definition) is 1. The van der Waals surface area contributed by atoms with Crippen LogP contribution in [-0.4, -0.2) is 6.04 Å². The van der Waals surface area contributed by atoms with Gasteiger partial charge in [0.1, 0.15) is 5.82 Å². The van der Waals surface area contributed by atoms with E-state index in [9.17, 15) is 4.39 Å². The molecular formula is C17H25ClFN. The average Bonchev–Trinajstić information content (AvgIpc) is 2.70. The Bertz CT molecular complexity index is 427. The molecule has 2 atom stereocenters. The first-order chi connectivity index (χ1) is 9.58. The molecule has 0 bridgehead atoms. The van der Waals surface area contributed by atoms with Crippen LogP contribution in [0.5, 0.6) is 0 Å². The molecule has 112 valence electrons. The molecule has 1 aliphatic carbocycles. The molecule has 0 radical (unpaired) electrons. The summed E-state index contributed by atoms with van der Waals surface area (Å²) in [6.07, 6.45) is 8.12. The summed E-state index contributed by atoms with van der Waals surface area (Å²) in [5.74, 6) is 0.412. The first kappa shape index (κ1) is 15.8. The number of rotatable bonds is 4. The van der Waals surface area contributed by atoms with Crippen LogP contribution in [0.1, 0.15) is 64.0 Å². The van der Waals surface area contributed by atoms with E-state index in [1.54, 1.807) is 6.07 Å². The normalized spacial score (nSPS) is 20.4. The van der Waals surface area contributed by atoms with Gasteiger partial charge in [-0.3, -0.25) is 0 Å². The van der Waals surface area contributed by atoms with Gasteiger partial charge in [0, 0.05) is 12.1 Å². The van der Waals surface area contributed by atoms with Crippen LogP contribution in [0, 0.1) is 11.7 Å². The standard InChI is InChI=1S/C17H25ClFN/c1-12(14-7-5-3-4-6-8-14)20-13(2)15-9-10-17(19)16(18)11-15/h9-14,20H,3-8H2,1-2H3/t12-,13?/m0/s1. The second-order valence-electron chi connectivity index (χ2n) is 6.10. The van der Waals surface area contributed by atoms with E-state index in [1.807, 2.05) is 6.07 Å². The van der Waals surface area contributed by atoms with Crippen LogP contribution in [0.3, 0.4) is 0 Å². The van der Waals surface area contributed by atoms with Crippen molar-refractivity contribution in [2.75, 3.05) is 0 Å². The molecule has 3 heteroatoms. The lowest BCUT2D eigenvalue weighted by Gasteiger charge is -2.27. The summed E-state index contributed by atoms with van der Waals surface area (Å²) in [6, 6.07) is 5.69. The predicted octanol–water partition coefficient (Wildman–Crippen LogP) is 5.49. The van der Waals surface area contributed by atoms with Gasteiger partial charge in [-0.25, -0.2) is 4.39 Å². The molecule has 0 amide bonds. The van der Waals surface area contributed by atoms with Crippen LogP contribution in [0.4, 0.5) is 4.39 Å². The minimum atomic E-state index is -0.348. The predicted molar refractivity (Wildman–Crippen MR) is 83.6 cm³/mol. The third-order valence-electron chi connectivity index (χ3n) is 4.56. The van der Waals surface area contributed by atoms with Gasteiger partial charge in [0.25, 0.3) is 0 Å². The van der Waals surface area contributed by atoms with Gasteiger partial charge in [-0.1, -0.05) is 43.4 Å². The third kappa shape index (κ3) is 4.20. The highest BCUT2D eigenvalue weighted by atomic mass is 35.5. The van der Waals surface area contributed by atoms with Crippen LogP contribution in [0.25, 0.3) is 0 Å². The SMILES string of the molecule is CC(N[C@@H](C)C1CCCCCC1)c1ccc(F)c(Cl)c1. The van der Waals surface area contributed by atoms with E-state index in [0.29, 0.717) is 6.04 Å². The molecule has 1 saturated carbocycles. The molecule has 1 nitrogen and oxygen atoms in total. The van der Waals surface area contributed by atoms with Crippen molar-refractivity contribution < 1.29 is 4.39 Å². The smallest absolute Gasteiger partial charge is 0.141 e. The Morgan fingerprint density at radius 1 is 1.15 bits per heavy atom. The lowest BCUT2D eigenvalue weighted by molar-refractivity contribution is 0.316. The van der Waals surface area contributed by atoms with Gasteiger partial charge >= 0.3 is 0 Å². The molecule has 0 spiro atoms. The fraction of sp³-hybridized carbons (Fsp3) is 0.647. The quantitative estimate of drug-likeness (QED) is 0.725. The molecule has 1 aromatic carbocycles. The molecule has 1 aromatic rings. The van der Waals surface area contributed by atoms with Gasteiger partial charge in [-0.15, -0.1) is 0 Å². The zero-order valence-corrected chi connectivity index (χ0v) is 13.2. The number of halogens is 2. The molecule has 1 fully saturated rings. The Kier molecular flexibility index (Phi) is 5.86. The van der Waals surface area contributed by atoms with Gasteiger partial charge in [-0.05, 0) is 50.3 Å². The van der Waals surface area contributed by atoms with E-state index in [1.165, 1.54) is 44.6 Å². The Morgan fingerprint density at radius 3 is 2.40 bits per heavy atom. The molecule has 0 heterocycles. The van der Waals surface area contributed by atoms with Crippen LogP contribution < -0.4 is 5.32 Å². The van der Waals surface area contributed by atoms with E-state index in [0.717, 1.165) is 11.5 Å². The summed E-state index contributed by atoms with van der Waals surface area (Å²) >= 11 is 5.86. The summed E-state index contributed by atoms with van der Waals surface area (Å²) in [5.41, 5.74) is 1.05. The average molecular weight is 298 g/mol. The van der Waals surface area contributed by atoms with Gasteiger partial charge < -0.3 is 5.32 Å². The topological polar surface area (TPSA) is 12.0 Å². The van der Waals surface area contributed by atoms with E-state index in [4.69, 9.17) is 11.6 Å². The monoisotopic (exact) mass is 297 g/mol. The zero-order chi connectivity index (χ0) is 14.5. The minimum Gasteiger partial charge on any atom is -0.307 e. The Balaban J connectivity index is 1.95. The van der Waals surface area contributed by atoms with E-state index < -0.39 is 0 Å². The summed E-state index contributed by atoms with van der Waals surface area (Å²) < 4.78 is 13.2. The second-order valence-corrected chi connectivity index (χ2v) is 6.51. The van der Waals surface area contributed by atoms with Crippen LogP contribution in [-0.2, 0) is 0 Å². The largest absolute Gasteiger partial charge is 0.307 e. The van der Waals surface area contributed by atoms with Gasteiger partial charge in [0.15, 0.2) is 0 Å². The van der Waals surface area contributed by atoms with Gasteiger partial charge in [-0.2, -0.15) is 0 Å². The molecular weight excluding hydrogens is 273 g/mol. The van der Waals surface area contributed by atoms with Gasteiger partial charge in [0.05, 0.1) is 5.02 Å². The molecule has 1 unspecified atom stereocenters. The number of nitrogens with one attached hydrogen (secondary N) is 1. The van der Waals surface area contributed by atoms with Crippen molar-refractivity contribution >= 4 is 11.6 Å². The lowest BCUT2D eigenvalue weighted by Crippen LogP contribution is -2.35. The summed E-state index contributed by atoms with van der Waals surface area (Å²) in [4.78, 5) is 0. The number of hydrogen-bond acceptors (Lipinski definition) is 1. The molecule has 20 heavy (non-hydrogen) atoms. The molecule has 1 aliphatic rings. The second kappa shape index (κ2) is 7.42. The maximum atomic E-state index is 13.2. The van der Waals surface area contributed by atoms with Crippen LogP contribution >= 0.6 is 11.6 Å². The maximum absolute atomic E-state index is 13.2. The first-order valence-corrected chi connectivity index (χ1v) is 8.16. The molecule has 0 saturated heterocycles. The lowest BCUT2D eigenvalue weighted by atomic mass is 9.92. The highest BCUT2D eigenvalue weighted by molar-refractivity contribution is 6.30. The van der Waals surface area contributed by atoms with Crippen molar-refractivity contribution in [3.05, 3.63) is 34.6 Å². The van der Waals surface area contributed by atoms with Crippen molar-refractivity contribution in [1.82, 2.24) is 5.32 Å². The summed E-state index contributed by atoms with van der Waals surface area (Å²) in [5, 5.41) is 3.87. The van der Waals surface area contributed by atoms with E-state index in [-0.39, 0.29) is 16.9 Å². The third-order valence-corrected chi connectivity index (χ3v) is 4.85. The summed E-state index contributed by atoms with van der Waals surface area (Å²) in [6.45, 7) is 4.40. The molecule has 1 N–H and O–H groups in total. The Hall–Kier alpha value is -0.600. The minimum absolute atomic E-state index is 0.200. The molecule has 2 rings (SSSR count). The van der Waals surface area contributed by atoms with Crippen molar-refractivity contribution in [1.29, 1.82) is 0 Å². The molecule has 0 aliphatic heterocycles. The highest BCUT2D eigenvalue weighted by Gasteiger charge is 2.20. The van der Waals surface area contributed by atoms with E-state index >= 15 is 0 Å². The van der Waals surface area contributed by atoms with E-state index in [2.05, 4.69) is 19.2 Å². The highest BCUT2D eigenvalue weighted by Crippen LogP contribution is 2.27. The fourth-order valence-corrected chi connectivity index (χ4v) is 3.41. The Labute approximate surface area is 126 Å².